The van der Waals surface area contributed by atoms with Crippen molar-refractivity contribution in [2.24, 2.45) is 0 Å². The minimum Gasteiger partial charge on any atom is -0.342 e. The number of aromatic amines is 1. The van der Waals surface area contributed by atoms with Crippen LogP contribution in [-0.2, 0) is 6.54 Å². The first-order valence-electron chi connectivity index (χ1n) is 7.98. The summed E-state index contributed by atoms with van der Waals surface area (Å²) in [6, 6.07) is 18.3. The van der Waals surface area contributed by atoms with Crippen molar-refractivity contribution in [3.8, 4) is 6.07 Å². The molecule has 4 nitrogen and oxygen atoms in total. The zero-order valence-electron chi connectivity index (χ0n) is 12.9. The molecule has 1 atom stereocenters. The van der Waals surface area contributed by atoms with E-state index in [9.17, 15) is 0 Å². The van der Waals surface area contributed by atoms with Gasteiger partial charge in [0.1, 0.15) is 5.82 Å². The van der Waals surface area contributed by atoms with Crippen LogP contribution >= 0.6 is 0 Å². The second kappa shape index (κ2) is 5.86. The van der Waals surface area contributed by atoms with Gasteiger partial charge in [0.15, 0.2) is 0 Å². The Balaban J connectivity index is 1.47. The summed E-state index contributed by atoms with van der Waals surface area (Å²) in [6.07, 6.45) is 1.12. The Morgan fingerprint density at radius 3 is 3.00 bits per heavy atom. The molecular formula is C19H18N4. The summed E-state index contributed by atoms with van der Waals surface area (Å²) in [5.74, 6) is 1.56. The molecular weight excluding hydrogens is 284 g/mol. The van der Waals surface area contributed by atoms with E-state index in [0.717, 1.165) is 48.5 Å². The molecule has 1 fully saturated rings. The molecule has 1 saturated heterocycles. The van der Waals surface area contributed by atoms with Crippen molar-refractivity contribution in [3.63, 3.8) is 0 Å². The Kier molecular flexibility index (Phi) is 3.57. The molecule has 0 saturated carbocycles. The Bertz CT molecular complexity index is 841. The number of benzene rings is 2. The lowest BCUT2D eigenvalue weighted by Crippen LogP contribution is -2.20. The van der Waals surface area contributed by atoms with Crippen LogP contribution in [0.3, 0.4) is 0 Å². The van der Waals surface area contributed by atoms with Gasteiger partial charge in [-0.25, -0.2) is 4.98 Å². The fourth-order valence-electron chi connectivity index (χ4n) is 3.36. The normalized spacial score (nSPS) is 18.3. The first-order valence-corrected chi connectivity index (χ1v) is 7.98. The van der Waals surface area contributed by atoms with Crippen LogP contribution in [0.2, 0.25) is 0 Å². The van der Waals surface area contributed by atoms with Crippen molar-refractivity contribution in [3.05, 3.63) is 65.5 Å². The van der Waals surface area contributed by atoms with Crippen LogP contribution in [0.15, 0.2) is 48.5 Å². The van der Waals surface area contributed by atoms with Gasteiger partial charge in [0, 0.05) is 19.0 Å². The minimum absolute atomic E-state index is 0.460. The number of para-hydroxylation sites is 2. The standard InChI is InChI=1S/C19H18N4/c20-11-14-4-3-5-15(10-14)12-23-9-8-16(13-23)19-21-17-6-1-2-7-18(17)22-19/h1-7,10,16H,8-9,12-13H2,(H,21,22). The van der Waals surface area contributed by atoms with E-state index in [4.69, 9.17) is 10.2 Å². The first-order chi connectivity index (χ1) is 11.3. The molecule has 3 aromatic rings. The maximum atomic E-state index is 9.01. The summed E-state index contributed by atoms with van der Waals surface area (Å²) >= 11 is 0. The fraction of sp³-hybridized carbons (Fsp3) is 0.263. The molecule has 2 aromatic carbocycles. The predicted octanol–water partition coefficient (Wildman–Crippen LogP) is 3.42. The number of likely N-dealkylation sites (tertiary alicyclic amines) is 1. The second-order valence-electron chi connectivity index (χ2n) is 6.17. The van der Waals surface area contributed by atoms with Gasteiger partial charge in [0.2, 0.25) is 0 Å². The highest BCUT2D eigenvalue weighted by atomic mass is 15.2. The number of aromatic nitrogens is 2. The van der Waals surface area contributed by atoms with E-state index in [2.05, 4.69) is 34.2 Å². The van der Waals surface area contributed by atoms with E-state index in [0.29, 0.717) is 5.92 Å². The lowest BCUT2D eigenvalue weighted by molar-refractivity contribution is 0.326. The van der Waals surface area contributed by atoms with Crippen molar-refractivity contribution in [1.82, 2.24) is 14.9 Å². The van der Waals surface area contributed by atoms with Crippen molar-refractivity contribution in [1.29, 1.82) is 5.26 Å². The van der Waals surface area contributed by atoms with Gasteiger partial charge in [0.05, 0.1) is 22.7 Å². The third kappa shape index (κ3) is 2.84. The molecule has 1 aliphatic rings. The molecule has 0 radical (unpaired) electrons. The highest BCUT2D eigenvalue weighted by Gasteiger charge is 2.26. The van der Waals surface area contributed by atoms with E-state index in [1.807, 2.05) is 30.3 Å². The van der Waals surface area contributed by atoms with Crippen molar-refractivity contribution in [2.75, 3.05) is 13.1 Å². The second-order valence-corrected chi connectivity index (χ2v) is 6.17. The summed E-state index contributed by atoms with van der Waals surface area (Å²) in [5.41, 5.74) is 4.09. The van der Waals surface area contributed by atoms with Crippen LogP contribution in [0.4, 0.5) is 0 Å². The molecule has 4 heteroatoms. The third-order valence-electron chi connectivity index (χ3n) is 4.53. The van der Waals surface area contributed by atoms with Gasteiger partial charge in [-0.3, -0.25) is 4.90 Å². The van der Waals surface area contributed by atoms with Crippen LogP contribution in [0.1, 0.15) is 29.3 Å². The highest BCUT2D eigenvalue weighted by Crippen LogP contribution is 2.28. The molecule has 1 aromatic heterocycles. The molecule has 1 unspecified atom stereocenters. The van der Waals surface area contributed by atoms with Gasteiger partial charge in [-0.1, -0.05) is 24.3 Å². The Labute approximate surface area is 135 Å². The topological polar surface area (TPSA) is 55.7 Å². The molecule has 114 valence electrons. The molecule has 23 heavy (non-hydrogen) atoms. The number of hydrogen-bond donors (Lipinski definition) is 1. The van der Waals surface area contributed by atoms with Gasteiger partial charge in [0.25, 0.3) is 0 Å². The van der Waals surface area contributed by atoms with Crippen LogP contribution in [0, 0.1) is 11.3 Å². The third-order valence-corrected chi connectivity index (χ3v) is 4.53. The Morgan fingerprint density at radius 1 is 1.22 bits per heavy atom. The van der Waals surface area contributed by atoms with Gasteiger partial charge in [-0.2, -0.15) is 5.26 Å². The average molecular weight is 302 g/mol. The molecule has 2 heterocycles. The summed E-state index contributed by atoms with van der Waals surface area (Å²) in [6.45, 7) is 2.97. The first kappa shape index (κ1) is 14.0. The number of H-pyrrole nitrogens is 1. The van der Waals surface area contributed by atoms with E-state index < -0.39 is 0 Å². The molecule has 0 bridgehead atoms. The summed E-state index contributed by atoms with van der Waals surface area (Å²) in [4.78, 5) is 10.6. The lowest BCUT2D eigenvalue weighted by atomic mass is 10.1. The minimum atomic E-state index is 0.460. The van der Waals surface area contributed by atoms with Crippen molar-refractivity contribution in [2.45, 2.75) is 18.9 Å². The number of rotatable bonds is 3. The number of nitrogens with zero attached hydrogens (tertiary/aromatic N) is 3. The zero-order chi connectivity index (χ0) is 15.6. The number of fused-ring (bicyclic) bond motifs is 1. The molecule has 0 amide bonds. The van der Waals surface area contributed by atoms with Gasteiger partial charge in [-0.05, 0) is 42.8 Å². The zero-order valence-corrected chi connectivity index (χ0v) is 12.9. The van der Waals surface area contributed by atoms with Crippen LogP contribution in [-0.4, -0.2) is 28.0 Å². The van der Waals surface area contributed by atoms with Gasteiger partial charge in [-0.15, -0.1) is 0 Å². The van der Waals surface area contributed by atoms with Crippen molar-refractivity contribution < 1.29 is 0 Å². The Hall–Kier alpha value is -2.64. The number of nitrogens with one attached hydrogen (secondary N) is 1. The maximum Gasteiger partial charge on any atom is 0.111 e. The highest BCUT2D eigenvalue weighted by molar-refractivity contribution is 5.74. The molecule has 1 aliphatic heterocycles. The SMILES string of the molecule is N#Cc1cccc(CN2CCC(c3nc4ccccc4[nH]3)C2)c1. The molecule has 4 rings (SSSR count). The number of hydrogen-bond acceptors (Lipinski definition) is 3. The predicted molar refractivity (Wildman–Crippen MR) is 89.9 cm³/mol. The fourth-order valence-corrected chi connectivity index (χ4v) is 3.36. The molecule has 1 N–H and O–H groups in total. The van der Waals surface area contributed by atoms with Gasteiger partial charge < -0.3 is 4.98 Å². The van der Waals surface area contributed by atoms with E-state index in [1.165, 1.54) is 5.56 Å². The van der Waals surface area contributed by atoms with Gasteiger partial charge >= 0.3 is 0 Å². The van der Waals surface area contributed by atoms with Crippen LogP contribution < -0.4 is 0 Å². The quantitative estimate of drug-likeness (QED) is 0.806. The number of imidazole rings is 1. The van der Waals surface area contributed by atoms with E-state index in [-0.39, 0.29) is 0 Å². The number of nitriles is 1. The van der Waals surface area contributed by atoms with Crippen LogP contribution in [0.5, 0.6) is 0 Å². The average Bonchev–Trinajstić information content (AvgIpc) is 3.21. The molecule has 0 aliphatic carbocycles. The summed E-state index contributed by atoms with van der Waals surface area (Å²) < 4.78 is 0. The maximum absolute atomic E-state index is 9.01. The van der Waals surface area contributed by atoms with Crippen LogP contribution in [0.25, 0.3) is 11.0 Å². The summed E-state index contributed by atoms with van der Waals surface area (Å²) in [7, 11) is 0. The largest absolute Gasteiger partial charge is 0.342 e. The Morgan fingerprint density at radius 2 is 2.13 bits per heavy atom. The monoisotopic (exact) mass is 302 g/mol. The summed E-state index contributed by atoms with van der Waals surface area (Å²) in [5, 5.41) is 9.01. The molecule has 0 spiro atoms. The van der Waals surface area contributed by atoms with E-state index in [1.54, 1.807) is 0 Å². The lowest BCUT2D eigenvalue weighted by Gasteiger charge is -2.15. The van der Waals surface area contributed by atoms with Crippen molar-refractivity contribution >= 4 is 11.0 Å². The van der Waals surface area contributed by atoms with E-state index >= 15 is 0 Å². The smallest absolute Gasteiger partial charge is 0.111 e.